The van der Waals surface area contributed by atoms with Crippen LogP contribution < -0.4 is 10.1 Å². The minimum Gasteiger partial charge on any atom is -0.496 e. The van der Waals surface area contributed by atoms with Crippen molar-refractivity contribution in [1.29, 1.82) is 0 Å². The second-order valence-electron chi connectivity index (χ2n) is 5.27. The number of ether oxygens (including phenoxy) is 1. The van der Waals surface area contributed by atoms with Gasteiger partial charge in [-0.15, -0.1) is 0 Å². The van der Waals surface area contributed by atoms with Gasteiger partial charge in [-0.3, -0.25) is 9.59 Å². The lowest BCUT2D eigenvalue weighted by atomic mass is 9.88. The highest BCUT2D eigenvalue weighted by molar-refractivity contribution is 6.33. The topological polar surface area (TPSA) is 55.4 Å². The molecule has 0 aliphatic carbocycles. The molecular weight excluding hydrogens is 266 g/mol. The van der Waals surface area contributed by atoms with E-state index in [1.807, 2.05) is 6.92 Å². The van der Waals surface area contributed by atoms with Gasteiger partial charge in [0.05, 0.1) is 12.6 Å². The predicted octanol–water partition coefficient (Wildman–Crippen LogP) is 2.22. The van der Waals surface area contributed by atoms with Crippen molar-refractivity contribution in [2.75, 3.05) is 7.11 Å². The summed E-state index contributed by atoms with van der Waals surface area (Å²) in [5.41, 5.74) is 0.486. The molecule has 1 amide bonds. The third-order valence-corrected chi connectivity index (χ3v) is 3.63. The van der Waals surface area contributed by atoms with Crippen LogP contribution in [0.3, 0.4) is 0 Å². The molecule has 0 radical (unpaired) electrons. The van der Waals surface area contributed by atoms with Crippen LogP contribution in [0.4, 0.5) is 0 Å². The molecule has 1 N–H and O–H groups in total. The van der Waals surface area contributed by atoms with Crippen molar-refractivity contribution in [3.8, 4) is 5.75 Å². The largest absolute Gasteiger partial charge is 0.496 e. The number of benzene rings is 1. The quantitative estimate of drug-likeness (QED) is 0.846. The van der Waals surface area contributed by atoms with E-state index in [0.717, 1.165) is 5.56 Å². The van der Waals surface area contributed by atoms with Crippen molar-refractivity contribution in [2.45, 2.75) is 32.2 Å². The third kappa shape index (κ3) is 2.21. The minimum atomic E-state index is -0.905. The highest BCUT2D eigenvalue weighted by Crippen LogP contribution is 2.39. The van der Waals surface area contributed by atoms with Gasteiger partial charge in [0.25, 0.3) is 0 Å². The Hall–Kier alpha value is -1.55. The zero-order chi connectivity index (χ0) is 14.4. The van der Waals surface area contributed by atoms with Crippen LogP contribution in [0.1, 0.15) is 30.9 Å². The number of Topliss-reactive ketones (excluding diaryl/α,β-unsaturated/α-hetero) is 1. The molecule has 1 fully saturated rings. The number of ketones is 1. The smallest absolute Gasteiger partial charge is 0.236 e. The first-order valence-corrected chi connectivity index (χ1v) is 6.36. The van der Waals surface area contributed by atoms with Crippen LogP contribution in [-0.2, 0) is 9.59 Å². The Balaban J connectivity index is 2.60. The summed E-state index contributed by atoms with van der Waals surface area (Å²) in [5.74, 6) is -0.963. The number of hydrogen-bond acceptors (Lipinski definition) is 3. The summed E-state index contributed by atoms with van der Waals surface area (Å²) < 4.78 is 5.27. The third-order valence-electron chi connectivity index (χ3n) is 3.32. The van der Waals surface area contributed by atoms with Crippen molar-refractivity contribution in [3.05, 3.63) is 28.3 Å². The Morgan fingerprint density at radius 2 is 1.95 bits per heavy atom. The number of hydrogen-bond donors (Lipinski definition) is 1. The Kier molecular flexibility index (Phi) is 3.31. The molecule has 4 nitrogen and oxygen atoms in total. The molecule has 0 aromatic heterocycles. The summed E-state index contributed by atoms with van der Waals surface area (Å²) >= 11 is 6.20. The van der Waals surface area contributed by atoms with E-state index in [-0.39, 0.29) is 11.7 Å². The Labute approximate surface area is 117 Å². The summed E-state index contributed by atoms with van der Waals surface area (Å²) in [7, 11) is 1.50. The fraction of sp³-hybridized carbons (Fsp3) is 0.429. The van der Waals surface area contributed by atoms with Gasteiger partial charge in [-0.2, -0.15) is 0 Å². The number of carbonyl (C=O) groups is 2. The van der Waals surface area contributed by atoms with Crippen molar-refractivity contribution in [2.24, 2.45) is 0 Å². The van der Waals surface area contributed by atoms with E-state index in [4.69, 9.17) is 16.3 Å². The molecular formula is C14H16ClNO3. The van der Waals surface area contributed by atoms with E-state index in [2.05, 4.69) is 5.32 Å². The van der Waals surface area contributed by atoms with Crippen molar-refractivity contribution < 1.29 is 14.3 Å². The number of aryl methyl sites for hydroxylation is 1. The molecule has 1 aliphatic heterocycles. The second kappa shape index (κ2) is 4.53. The van der Waals surface area contributed by atoms with E-state index >= 15 is 0 Å². The Morgan fingerprint density at radius 3 is 2.42 bits per heavy atom. The SMILES string of the molecule is COc1cc(C)cc(Cl)c1C1C(=O)NC(C)(C)C1=O. The maximum atomic E-state index is 12.3. The zero-order valence-corrected chi connectivity index (χ0v) is 12.1. The fourth-order valence-electron chi connectivity index (χ4n) is 2.35. The number of nitrogens with one attached hydrogen (secondary N) is 1. The number of amides is 1. The highest BCUT2D eigenvalue weighted by atomic mass is 35.5. The first-order chi connectivity index (χ1) is 8.77. The summed E-state index contributed by atoms with van der Waals surface area (Å²) in [6.07, 6.45) is 0. The number of methoxy groups -OCH3 is 1. The van der Waals surface area contributed by atoms with Crippen LogP contribution in [0.2, 0.25) is 5.02 Å². The molecule has 1 saturated heterocycles. The standard InChI is InChI=1S/C14H16ClNO3/c1-7-5-8(15)10(9(6-7)19-4)11-12(17)14(2,3)16-13(11)18/h5-6,11H,1-4H3,(H,16,18). The van der Waals surface area contributed by atoms with Gasteiger partial charge in [-0.05, 0) is 38.5 Å². The van der Waals surface area contributed by atoms with Gasteiger partial charge in [0.2, 0.25) is 5.91 Å². The number of halogens is 1. The van der Waals surface area contributed by atoms with Crippen LogP contribution in [0.25, 0.3) is 0 Å². The maximum absolute atomic E-state index is 12.3. The number of carbonyl (C=O) groups excluding carboxylic acids is 2. The van der Waals surface area contributed by atoms with Gasteiger partial charge in [0.15, 0.2) is 5.78 Å². The van der Waals surface area contributed by atoms with E-state index in [0.29, 0.717) is 16.3 Å². The molecule has 1 aromatic carbocycles. The zero-order valence-electron chi connectivity index (χ0n) is 11.3. The van der Waals surface area contributed by atoms with E-state index in [1.54, 1.807) is 26.0 Å². The molecule has 1 unspecified atom stereocenters. The molecule has 5 heteroatoms. The van der Waals surface area contributed by atoms with Gasteiger partial charge >= 0.3 is 0 Å². The summed E-state index contributed by atoms with van der Waals surface area (Å²) in [6.45, 7) is 5.24. The second-order valence-corrected chi connectivity index (χ2v) is 5.68. The van der Waals surface area contributed by atoms with E-state index in [9.17, 15) is 9.59 Å². The predicted molar refractivity (Wildman–Crippen MR) is 72.7 cm³/mol. The molecule has 19 heavy (non-hydrogen) atoms. The van der Waals surface area contributed by atoms with Crippen molar-refractivity contribution in [1.82, 2.24) is 5.32 Å². The van der Waals surface area contributed by atoms with Crippen molar-refractivity contribution >= 4 is 23.3 Å². The lowest BCUT2D eigenvalue weighted by molar-refractivity contribution is -0.125. The highest BCUT2D eigenvalue weighted by Gasteiger charge is 2.48. The van der Waals surface area contributed by atoms with Gasteiger partial charge in [0, 0.05) is 10.6 Å². The van der Waals surface area contributed by atoms with Crippen LogP contribution in [0.5, 0.6) is 5.75 Å². The van der Waals surface area contributed by atoms with Gasteiger partial charge in [-0.1, -0.05) is 11.6 Å². The fourth-order valence-corrected chi connectivity index (χ4v) is 2.73. The maximum Gasteiger partial charge on any atom is 0.236 e. The van der Waals surface area contributed by atoms with Gasteiger partial charge < -0.3 is 10.1 Å². The molecule has 0 saturated carbocycles. The minimum absolute atomic E-state index is 0.193. The Bertz CT molecular complexity index is 566. The molecule has 2 rings (SSSR count). The normalized spacial score (nSPS) is 21.4. The van der Waals surface area contributed by atoms with Crippen LogP contribution in [-0.4, -0.2) is 24.3 Å². The molecule has 1 heterocycles. The molecule has 102 valence electrons. The van der Waals surface area contributed by atoms with E-state index < -0.39 is 11.5 Å². The summed E-state index contributed by atoms with van der Waals surface area (Å²) in [4.78, 5) is 24.4. The number of rotatable bonds is 2. The monoisotopic (exact) mass is 281 g/mol. The molecule has 1 aliphatic rings. The first-order valence-electron chi connectivity index (χ1n) is 5.98. The lowest BCUT2D eigenvalue weighted by Gasteiger charge is -2.17. The lowest BCUT2D eigenvalue weighted by Crippen LogP contribution is -2.39. The Morgan fingerprint density at radius 1 is 1.32 bits per heavy atom. The average molecular weight is 282 g/mol. The van der Waals surface area contributed by atoms with Crippen LogP contribution >= 0.6 is 11.6 Å². The van der Waals surface area contributed by atoms with Crippen LogP contribution in [0.15, 0.2) is 12.1 Å². The van der Waals surface area contributed by atoms with Gasteiger partial charge in [-0.25, -0.2) is 0 Å². The molecule has 0 bridgehead atoms. The van der Waals surface area contributed by atoms with Crippen molar-refractivity contribution in [3.63, 3.8) is 0 Å². The first kappa shape index (κ1) is 13.9. The average Bonchev–Trinajstić information content (AvgIpc) is 2.49. The molecule has 1 aromatic rings. The van der Waals surface area contributed by atoms with Crippen LogP contribution in [0, 0.1) is 6.92 Å². The molecule has 1 atom stereocenters. The summed E-state index contributed by atoms with van der Waals surface area (Å²) in [6, 6.07) is 3.50. The molecule has 0 spiro atoms. The summed E-state index contributed by atoms with van der Waals surface area (Å²) in [5, 5.41) is 3.06. The van der Waals surface area contributed by atoms with E-state index in [1.165, 1.54) is 7.11 Å². The van der Waals surface area contributed by atoms with Gasteiger partial charge in [0.1, 0.15) is 11.7 Å².